The van der Waals surface area contributed by atoms with Crippen LogP contribution in [0, 0.1) is 27.7 Å². The molecule has 1 amide bonds. The number of rotatable bonds is 5. The van der Waals surface area contributed by atoms with Crippen LogP contribution in [0.5, 0.6) is 0 Å². The van der Waals surface area contributed by atoms with E-state index < -0.39 is 5.91 Å². The van der Waals surface area contributed by atoms with E-state index in [2.05, 4.69) is 15.4 Å². The molecule has 0 saturated heterocycles. The number of carbonyl (C=O) groups excluding carboxylic acids is 1. The summed E-state index contributed by atoms with van der Waals surface area (Å²) in [6.45, 7) is 8.29. The number of primary amides is 1. The number of carbonyl (C=O) groups is 1. The summed E-state index contributed by atoms with van der Waals surface area (Å²) in [6, 6.07) is 11.9. The number of aryl methyl sites for hydroxylation is 3. The van der Waals surface area contributed by atoms with Crippen molar-refractivity contribution < 1.29 is 4.79 Å². The van der Waals surface area contributed by atoms with E-state index in [9.17, 15) is 4.79 Å². The highest BCUT2D eigenvalue weighted by atomic mass is 16.1. The number of aromatic nitrogens is 3. The lowest BCUT2D eigenvalue weighted by molar-refractivity contribution is 0.1000. The highest BCUT2D eigenvalue weighted by molar-refractivity contribution is 5.99. The van der Waals surface area contributed by atoms with Crippen LogP contribution >= 0.6 is 0 Å². The Labute approximate surface area is 153 Å². The number of benzene rings is 1. The Morgan fingerprint density at radius 3 is 2.50 bits per heavy atom. The maximum Gasteiger partial charge on any atom is 0.252 e. The van der Waals surface area contributed by atoms with Crippen LogP contribution in [0.4, 0.5) is 5.82 Å². The first-order valence-electron chi connectivity index (χ1n) is 8.51. The third kappa shape index (κ3) is 3.31. The van der Waals surface area contributed by atoms with Crippen LogP contribution in [0.25, 0.3) is 5.69 Å². The monoisotopic (exact) mass is 349 g/mol. The lowest BCUT2D eigenvalue weighted by Gasteiger charge is -2.13. The minimum atomic E-state index is -0.481. The summed E-state index contributed by atoms with van der Waals surface area (Å²) in [5, 5.41) is 7.92. The van der Waals surface area contributed by atoms with Gasteiger partial charge in [-0.3, -0.25) is 4.79 Å². The van der Waals surface area contributed by atoms with Gasteiger partial charge in [-0.15, -0.1) is 0 Å². The predicted octanol–water partition coefficient (Wildman–Crippen LogP) is 3.21. The SMILES string of the molecule is Cc1cc(C)c(C(N)=O)c(NCc2c(C)nn(-c3ccccc3)c2C)n1. The fraction of sp³-hybridized carbons (Fsp3) is 0.250. The maximum absolute atomic E-state index is 11.8. The molecular weight excluding hydrogens is 326 g/mol. The molecule has 0 saturated carbocycles. The Bertz CT molecular complexity index is 960. The number of nitrogens with one attached hydrogen (secondary N) is 1. The fourth-order valence-electron chi connectivity index (χ4n) is 3.20. The molecule has 3 rings (SSSR count). The lowest BCUT2D eigenvalue weighted by Crippen LogP contribution is -2.18. The van der Waals surface area contributed by atoms with E-state index in [0.29, 0.717) is 17.9 Å². The standard InChI is InChI=1S/C20H23N5O/c1-12-10-13(2)23-20(18(12)19(21)26)22-11-17-14(3)24-25(15(17)4)16-8-6-5-7-9-16/h5-10H,11H2,1-4H3,(H2,21,26)(H,22,23). The average molecular weight is 349 g/mol. The average Bonchev–Trinajstić information content (AvgIpc) is 2.87. The van der Waals surface area contributed by atoms with Gasteiger partial charge < -0.3 is 11.1 Å². The van der Waals surface area contributed by atoms with Crippen molar-refractivity contribution in [1.29, 1.82) is 0 Å². The first kappa shape index (κ1) is 17.7. The Morgan fingerprint density at radius 1 is 1.15 bits per heavy atom. The molecule has 0 radical (unpaired) electrons. The van der Waals surface area contributed by atoms with Crippen LogP contribution in [-0.4, -0.2) is 20.7 Å². The first-order chi connectivity index (χ1) is 12.4. The summed E-state index contributed by atoms with van der Waals surface area (Å²) in [4.78, 5) is 16.3. The third-order valence-corrected chi connectivity index (χ3v) is 4.47. The Kier molecular flexibility index (Phi) is 4.75. The van der Waals surface area contributed by atoms with Crippen LogP contribution < -0.4 is 11.1 Å². The summed E-state index contributed by atoms with van der Waals surface area (Å²) in [7, 11) is 0. The summed E-state index contributed by atoms with van der Waals surface area (Å²) in [5.41, 5.74) is 11.7. The lowest BCUT2D eigenvalue weighted by atomic mass is 10.1. The Balaban J connectivity index is 1.92. The van der Waals surface area contributed by atoms with E-state index in [1.807, 2.05) is 68.8 Å². The number of nitrogens with two attached hydrogens (primary N) is 1. The zero-order chi connectivity index (χ0) is 18.8. The molecule has 3 aromatic rings. The normalized spacial score (nSPS) is 10.8. The van der Waals surface area contributed by atoms with Crippen LogP contribution in [-0.2, 0) is 6.54 Å². The van der Waals surface area contributed by atoms with Gasteiger partial charge in [0, 0.05) is 23.5 Å². The second-order valence-electron chi connectivity index (χ2n) is 6.42. The molecular formula is C20H23N5O. The summed E-state index contributed by atoms with van der Waals surface area (Å²) in [6.07, 6.45) is 0. The van der Waals surface area contributed by atoms with Gasteiger partial charge in [0.1, 0.15) is 5.82 Å². The highest BCUT2D eigenvalue weighted by Gasteiger charge is 2.17. The minimum absolute atomic E-state index is 0.432. The molecule has 0 fully saturated rings. The van der Waals surface area contributed by atoms with Crippen molar-refractivity contribution in [3.8, 4) is 5.69 Å². The second-order valence-corrected chi connectivity index (χ2v) is 6.42. The van der Waals surface area contributed by atoms with Crippen LogP contribution in [0.1, 0.15) is 38.6 Å². The van der Waals surface area contributed by atoms with E-state index >= 15 is 0 Å². The number of pyridine rings is 1. The van der Waals surface area contributed by atoms with Gasteiger partial charge >= 0.3 is 0 Å². The van der Waals surface area contributed by atoms with Crippen molar-refractivity contribution in [3.05, 3.63) is 70.2 Å². The van der Waals surface area contributed by atoms with Crippen molar-refractivity contribution in [3.63, 3.8) is 0 Å². The predicted molar refractivity (Wildman–Crippen MR) is 103 cm³/mol. The zero-order valence-electron chi connectivity index (χ0n) is 15.5. The zero-order valence-corrected chi connectivity index (χ0v) is 15.5. The molecule has 0 aliphatic carbocycles. The van der Waals surface area contributed by atoms with Gasteiger partial charge in [0.15, 0.2) is 0 Å². The molecule has 2 heterocycles. The smallest absolute Gasteiger partial charge is 0.252 e. The van der Waals surface area contributed by atoms with Gasteiger partial charge in [-0.1, -0.05) is 18.2 Å². The quantitative estimate of drug-likeness (QED) is 0.740. The molecule has 26 heavy (non-hydrogen) atoms. The largest absolute Gasteiger partial charge is 0.365 e. The molecule has 3 N–H and O–H groups in total. The molecule has 1 aromatic carbocycles. The number of para-hydroxylation sites is 1. The number of nitrogens with zero attached hydrogens (tertiary/aromatic N) is 3. The van der Waals surface area contributed by atoms with E-state index in [1.165, 1.54) is 0 Å². The summed E-state index contributed by atoms with van der Waals surface area (Å²) in [5.74, 6) is 0.0344. The Morgan fingerprint density at radius 2 is 1.85 bits per heavy atom. The maximum atomic E-state index is 11.8. The van der Waals surface area contributed by atoms with Gasteiger partial charge in [-0.2, -0.15) is 5.10 Å². The number of hydrogen-bond acceptors (Lipinski definition) is 4. The van der Waals surface area contributed by atoms with Gasteiger partial charge in [0.25, 0.3) is 5.91 Å². The van der Waals surface area contributed by atoms with Gasteiger partial charge in [-0.05, 0) is 51.5 Å². The van der Waals surface area contributed by atoms with Crippen LogP contribution in [0.15, 0.2) is 36.4 Å². The molecule has 0 aliphatic heterocycles. The van der Waals surface area contributed by atoms with Gasteiger partial charge in [0.2, 0.25) is 0 Å². The molecule has 6 heteroatoms. The summed E-state index contributed by atoms with van der Waals surface area (Å²) >= 11 is 0. The van der Waals surface area contributed by atoms with E-state index in [4.69, 9.17) is 5.73 Å². The number of hydrogen-bond donors (Lipinski definition) is 2. The minimum Gasteiger partial charge on any atom is -0.365 e. The van der Waals surface area contributed by atoms with Crippen LogP contribution in [0.2, 0.25) is 0 Å². The van der Waals surface area contributed by atoms with E-state index in [-0.39, 0.29) is 0 Å². The topological polar surface area (TPSA) is 85.8 Å². The first-order valence-corrected chi connectivity index (χ1v) is 8.51. The van der Waals surface area contributed by atoms with Crippen molar-refractivity contribution >= 4 is 11.7 Å². The molecule has 0 spiro atoms. The molecule has 6 nitrogen and oxygen atoms in total. The van der Waals surface area contributed by atoms with Gasteiger partial charge in [-0.25, -0.2) is 9.67 Å². The second kappa shape index (κ2) is 7.00. The van der Waals surface area contributed by atoms with Crippen molar-refractivity contribution in [2.75, 3.05) is 5.32 Å². The Hall–Kier alpha value is -3.15. The highest BCUT2D eigenvalue weighted by Crippen LogP contribution is 2.22. The molecule has 0 unspecified atom stereocenters. The molecule has 2 aromatic heterocycles. The molecule has 0 aliphatic rings. The van der Waals surface area contributed by atoms with E-state index in [0.717, 1.165) is 33.9 Å². The molecule has 134 valence electrons. The fourth-order valence-corrected chi connectivity index (χ4v) is 3.20. The van der Waals surface area contributed by atoms with Crippen molar-refractivity contribution in [1.82, 2.24) is 14.8 Å². The van der Waals surface area contributed by atoms with E-state index in [1.54, 1.807) is 0 Å². The third-order valence-electron chi connectivity index (χ3n) is 4.47. The van der Waals surface area contributed by atoms with Gasteiger partial charge in [0.05, 0.1) is 16.9 Å². The van der Waals surface area contributed by atoms with Crippen LogP contribution in [0.3, 0.4) is 0 Å². The van der Waals surface area contributed by atoms with Crippen molar-refractivity contribution in [2.45, 2.75) is 34.2 Å². The molecule has 0 bridgehead atoms. The number of anilines is 1. The summed E-state index contributed by atoms with van der Waals surface area (Å²) < 4.78 is 1.93. The molecule has 0 atom stereocenters. The van der Waals surface area contributed by atoms with Crippen molar-refractivity contribution in [2.24, 2.45) is 5.73 Å². The number of amides is 1.